The van der Waals surface area contributed by atoms with Gasteiger partial charge in [-0.05, 0) is 84.7 Å². The average molecular weight is 680 g/mol. The van der Waals surface area contributed by atoms with Crippen LogP contribution in [0.3, 0.4) is 0 Å². The molecule has 1 unspecified atom stereocenters. The van der Waals surface area contributed by atoms with Gasteiger partial charge in [0.1, 0.15) is 17.7 Å². The molecule has 258 valence electrons. The monoisotopic (exact) mass is 679 g/mol. The number of nitrogens with one attached hydrogen (secondary N) is 4. The number of ether oxygens (including phenoxy) is 1. The van der Waals surface area contributed by atoms with Crippen molar-refractivity contribution < 1.29 is 23.1 Å². The van der Waals surface area contributed by atoms with Crippen LogP contribution in [-0.4, -0.2) is 63.1 Å². The van der Waals surface area contributed by atoms with E-state index in [9.17, 15) is 9.59 Å². The van der Waals surface area contributed by atoms with Crippen LogP contribution >= 0.6 is 0 Å². The van der Waals surface area contributed by atoms with Crippen molar-refractivity contribution in [1.82, 2.24) is 35.5 Å². The summed E-state index contributed by atoms with van der Waals surface area (Å²) in [5.74, 6) is -2.09. The Morgan fingerprint density at radius 2 is 1.66 bits per heavy atom. The fourth-order valence-corrected chi connectivity index (χ4v) is 7.71. The number of hydrogen-bond acceptors (Lipinski definition) is 6. The van der Waals surface area contributed by atoms with Crippen molar-refractivity contribution in [1.29, 1.82) is 0 Å². The van der Waals surface area contributed by atoms with Gasteiger partial charge in [0.2, 0.25) is 5.91 Å². The van der Waals surface area contributed by atoms with Gasteiger partial charge >= 0.3 is 6.09 Å². The van der Waals surface area contributed by atoms with Crippen LogP contribution in [-0.2, 0) is 15.5 Å². The van der Waals surface area contributed by atoms with E-state index in [1.165, 1.54) is 13.2 Å². The molecule has 8 rings (SSSR count). The minimum absolute atomic E-state index is 0.0200. The van der Waals surface area contributed by atoms with Crippen LogP contribution in [0.15, 0.2) is 60.8 Å². The first kappa shape index (κ1) is 32.1. The number of hydrogen-bond donors (Lipinski definition) is 4. The van der Waals surface area contributed by atoms with Crippen molar-refractivity contribution in [2.75, 3.05) is 20.2 Å². The Morgan fingerprint density at radius 3 is 2.38 bits per heavy atom. The van der Waals surface area contributed by atoms with Crippen molar-refractivity contribution in [2.24, 2.45) is 5.92 Å². The van der Waals surface area contributed by atoms with Crippen LogP contribution in [0.5, 0.6) is 0 Å². The number of fused-ring (bicyclic) bond motifs is 4. The smallest absolute Gasteiger partial charge is 0.407 e. The normalized spacial score (nSPS) is 19.9. The van der Waals surface area contributed by atoms with Crippen molar-refractivity contribution in [3.8, 4) is 33.5 Å². The molecule has 2 amide bonds. The molecule has 1 aliphatic carbocycles. The van der Waals surface area contributed by atoms with Gasteiger partial charge in [-0.3, -0.25) is 4.79 Å². The van der Waals surface area contributed by atoms with Gasteiger partial charge < -0.3 is 30.2 Å². The molecule has 2 fully saturated rings. The average Bonchev–Trinajstić information content (AvgIpc) is 3.96. The topological polar surface area (TPSA) is 128 Å². The molecule has 2 saturated heterocycles. The van der Waals surface area contributed by atoms with Gasteiger partial charge in [0.15, 0.2) is 0 Å². The van der Waals surface area contributed by atoms with Crippen molar-refractivity contribution in [3.05, 3.63) is 83.6 Å². The van der Waals surface area contributed by atoms with Crippen LogP contribution in [0.25, 0.3) is 44.5 Å². The minimum atomic E-state index is -3.20. The largest absolute Gasteiger partial charge is 0.453 e. The van der Waals surface area contributed by atoms with Crippen LogP contribution < -0.4 is 10.6 Å². The van der Waals surface area contributed by atoms with Gasteiger partial charge in [-0.15, -0.1) is 0 Å². The number of H-pyrrole nitrogens is 2. The number of halogens is 2. The predicted octanol–water partition coefficient (Wildman–Crippen LogP) is 7.21. The number of carbonyl (C=O) groups is 2. The Hall–Kier alpha value is -5.10. The van der Waals surface area contributed by atoms with E-state index in [0.29, 0.717) is 46.7 Å². The number of rotatable bonds is 7. The highest BCUT2D eigenvalue weighted by Crippen LogP contribution is 2.52. The number of benzene rings is 3. The quantitative estimate of drug-likeness (QED) is 0.144. The number of alkyl carbamates (subject to hydrolysis) is 1. The third-order valence-corrected chi connectivity index (χ3v) is 10.4. The Bertz CT molecular complexity index is 2120. The predicted molar refractivity (Wildman–Crippen MR) is 185 cm³/mol. The summed E-state index contributed by atoms with van der Waals surface area (Å²) in [5.41, 5.74) is 5.40. The standard InChI is InChI=1S/C38H39F2N7O3/c1-20(2)33(46-37(49)50-3)36(48)47-15-5-7-32(47)35-42-19-31(45-35)23-9-12-25-24-11-8-21(16-26(24)38(39,40)27(25)17-23)22-10-13-28-30(18-22)44-34(43-28)29-6-4-14-41-29/h8-13,16-20,29,32-33,41H,4-7,14-15H2,1-3H3,(H,42,45)(H,43,44)(H,46,49)/t29-,32?,33-/m0/s1. The van der Waals surface area contributed by atoms with E-state index in [2.05, 4.69) is 25.6 Å². The molecule has 0 saturated carbocycles. The van der Waals surface area contributed by atoms with Gasteiger partial charge in [-0.25, -0.2) is 14.8 Å². The van der Waals surface area contributed by atoms with Gasteiger partial charge in [-0.1, -0.05) is 44.2 Å². The van der Waals surface area contributed by atoms with E-state index >= 15 is 8.78 Å². The van der Waals surface area contributed by atoms with Crippen LogP contribution in [0.2, 0.25) is 0 Å². The molecular weight excluding hydrogens is 640 g/mol. The van der Waals surface area contributed by atoms with Gasteiger partial charge in [0.25, 0.3) is 5.92 Å². The third kappa shape index (κ3) is 5.42. The summed E-state index contributed by atoms with van der Waals surface area (Å²) in [5, 5.41) is 6.12. The second-order valence-electron chi connectivity index (χ2n) is 13.8. The van der Waals surface area contributed by atoms with Crippen molar-refractivity contribution in [3.63, 3.8) is 0 Å². The molecule has 3 aliphatic rings. The molecule has 2 aromatic heterocycles. The molecule has 5 aromatic rings. The third-order valence-electron chi connectivity index (χ3n) is 10.4. The molecule has 4 N–H and O–H groups in total. The number of aromatic amines is 2. The second kappa shape index (κ2) is 12.3. The fourth-order valence-electron chi connectivity index (χ4n) is 7.71. The molecular formula is C38H39F2N7O3. The second-order valence-corrected chi connectivity index (χ2v) is 13.8. The van der Waals surface area contributed by atoms with Gasteiger partial charge in [-0.2, -0.15) is 8.78 Å². The first-order chi connectivity index (χ1) is 24.1. The van der Waals surface area contributed by atoms with Crippen LogP contribution in [0, 0.1) is 5.92 Å². The molecule has 12 heteroatoms. The Kier molecular flexibility index (Phi) is 7.93. The van der Waals surface area contributed by atoms with E-state index in [1.807, 2.05) is 44.2 Å². The lowest BCUT2D eigenvalue weighted by Crippen LogP contribution is -2.51. The number of nitrogens with zero attached hydrogens (tertiary/aromatic N) is 3. The van der Waals surface area contributed by atoms with Gasteiger partial charge in [0, 0.05) is 23.2 Å². The molecule has 3 aromatic carbocycles. The van der Waals surface area contributed by atoms with E-state index in [-0.39, 0.29) is 35.0 Å². The summed E-state index contributed by atoms with van der Waals surface area (Å²) in [6.07, 6.45) is 4.57. The lowest BCUT2D eigenvalue weighted by molar-refractivity contribution is -0.135. The molecule has 0 bridgehead atoms. The maximum absolute atomic E-state index is 16.3. The Balaban J connectivity index is 1.05. The lowest BCUT2D eigenvalue weighted by Gasteiger charge is -2.30. The first-order valence-corrected chi connectivity index (χ1v) is 17.2. The van der Waals surface area contributed by atoms with E-state index in [1.54, 1.807) is 29.3 Å². The zero-order valence-corrected chi connectivity index (χ0v) is 28.1. The summed E-state index contributed by atoms with van der Waals surface area (Å²) in [6, 6.07) is 15.4. The van der Waals surface area contributed by atoms with E-state index < -0.39 is 18.1 Å². The summed E-state index contributed by atoms with van der Waals surface area (Å²) in [4.78, 5) is 43.3. The number of carbonyl (C=O) groups excluding carboxylic acids is 2. The van der Waals surface area contributed by atoms with E-state index in [0.717, 1.165) is 48.2 Å². The molecule has 0 radical (unpaired) electrons. The Labute approximate surface area is 288 Å². The number of likely N-dealkylation sites (tertiary alicyclic amines) is 1. The number of aromatic nitrogens is 4. The highest BCUT2D eigenvalue weighted by Gasteiger charge is 2.45. The number of imidazole rings is 2. The highest BCUT2D eigenvalue weighted by atomic mass is 19.3. The maximum Gasteiger partial charge on any atom is 0.407 e. The molecule has 0 spiro atoms. The molecule has 50 heavy (non-hydrogen) atoms. The Morgan fingerprint density at radius 1 is 0.940 bits per heavy atom. The minimum Gasteiger partial charge on any atom is -0.453 e. The summed E-state index contributed by atoms with van der Waals surface area (Å²) in [6.45, 7) is 5.22. The summed E-state index contributed by atoms with van der Waals surface area (Å²) >= 11 is 0. The maximum atomic E-state index is 16.3. The lowest BCUT2D eigenvalue weighted by atomic mass is 9.98. The molecule has 4 heterocycles. The zero-order valence-electron chi connectivity index (χ0n) is 28.1. The zero-order chi connectivity index (χ0) is 34.7. The summed E-state index contributed by atoms with van der Waals surface area (Å²) < 4.78 is 37.3. The summed E-state index contributed by atoms with van der Waals surface area (Å²) in [7, 11) is 1.26. The molecule has 3 atom stereocenters. The SMILES string of the molecule is COC(=O)N[C@H](C(=O)N1CCCC1c1ncc(-c2ccc3c(c2)C(F)(F)c2cc(-c4ccc5nc([C@@H]6CCCN6)[nH]c5c4)ccc2-3)[nH]1)C(C)C. The fraction of sp³-hybridized carbons (Fsp3) is 0.368. The number of amides is 2. The van der Waals surface area contributed by atoms with Crippen molar-refractivity contribution in [2.45, 2.75) is 63.6 Å². The molecule has 10 nitrogen and oxygen atoms in total. The number of methoxy groups -OCH3 is 1. The highest BCUT2D eigenvalue weighted by molar-refractivity contribution is 5.88. The number of alkyl halides is 2. The van der Waals surface area contributed by atoms with Crippen LogP contribution in [0.1, 0.15) is 74.4 Å². The van der Waals surface area contributed by atoms with Gasteiger partial charge in [0.05, 0.1) is 42.1 Å². The van der Waals surface area contributed by atoms with Crippen LogP contribution in [0.4, 0.5) is 13.6 Å². The van der Waals surface area contributed by atoms with Crippen molar-refractivity contribution >= 4 is 23.0 Å². The van der Waals surface area contributed by atoms with E-state index in [4.69, 9.17) is 9.72 Å². The first-order valence-electron chi connectivity index (χ1n) is 17.2. The molecule has 2 aliphatic heterocycles.